The summed E-state index contributed by atoms with van der Waals surface area (Å²) in [5.41, 5.74) is 2.65. The molecule has 0 spiro atoms. The van der Waals surface area contributed by atoms with Gasteiger partial charge in [0.2, 0.25) is 0 Å². The number of rotatable bonds is 5. The molecule has 0 heterocycles. The SMILES string of the molecule is CNOCCC[N+](C)(C)C. The van der Waals surface area contributed by atoms with Crippen LogP contribution in [0.4, 0.5) is 0 Å². The first-order chi connectivity index (χ1) is 4.56. The van der Waals surface area contributed by atoms with Crippen molar-refractivity contribution < 1.29 is 9.32 Å². The molecule has 3 nitrogen and oxygen atoms in total. The molecule has 0 amide bonds. The summed E-state index contributed by atoms with van der Waals surface area (Å²) < 4.78 is 1.01. The van der Waals surface area contributed by atoms with Crippen LogP contribution in [0.1, 0.15) is 6.42 Å². The summed E-state index contributed by atoms with van der Waals surface area (Å²) in [6.07, 6.45) is 1.10. The summed E-state index contributed by atoms with van der Waals surface area (Å²) in [4.78, 5) is 4.97. The lowest BCUT2D eigenvalue weighted by atomic mass is 10.4. The van der Waals surface area contributed by atoms with Crippen molar-refractivity contribution in [2.24, 2.45) is 0 Å². The zero-order valence-corrected chi connectivity index (χ0v) is 7.48. The molecule has 0 radical (unpaired) electrons. The number of nitrogens with zero attached hydrogens (tertiary/aromatic N) is 1. The van der Waals surface area contributed by atoms with Crippen LogP contribution in [-0.2, 0) is 4.84 Å². The zero-order valence-electron chi connectivity index (χ0n) is 7.48. The van der Waals surface area contributed by atoms with E-state index < -0.39 is 0 Å². The Balaban J connectivity index is 3.04. The van der Waals surface area contributed by atoms with Gasteiger partial charge in [-0.25, -0.2) is 5.48 Å². The predicted octanol–water partition coefficient (Wildman–Crippen LogP) is 0.234. The summed E-state index contributed by atoms with van der Waals surface area (Å²) in [7, 11) is 8.32. The fourth-order valence-corrected chi connectivity index (χ4v) is 0.713. The monoisotopic (exact) mass is 147 g/mol. The molecule has 0 aliphatic heterocycles. The largest absolute Gasteiger partial charge is 0.331 e. The van der Waals surface area contributed by atoms with E-state index in [0.717, 1.165) is 24.1 Å². The summed E-state index contributed by atoms with van der Waals surface area (Å²) in [5, 5.41) is 0. The number of quaternary nitrogens is 1. The van der Waals surface area contributed by atoms with Crippen LogP contribution < -0.4 is 5.48 Å². The van der Waals surface area contributed by atoms with Crippen LogP contribution in [0.5, 0.6) is 0 Å². The van der Waals surface area contributed by atoms with E-state index >= 15 is 0 Å². The molecular formula is C7H19N2O+. The van der Waals surface area contributed by atoms with Crippen LogP contribution in [0.15, 0.2) is 0 Å². The third-order valence-corrected chi connectivity index (χ3v) is 1.22. The van der Waals surface area contributed by atoms with Gasteiger partial charge in [-0.15, -0.1) is 0 Å². The average molecular weight is 147 g/mol. The van der Waals surface area contributed by atoms with Crippen molar-refractivity contribution in [1.29, 1.82) is 0 Å². The lowest BCUT2D eigenvalue weighted by Crippen LogP contribution is -2.36. The van der Waals surface area contributed by atoms with Gasteiger partial charge in [-0.3, -0.25) is 0 Å². The Kier molecular flexibility index (Phi) is 4.60. The highest BCUT2D eigenvalue weighted by atomic mass is 16.6. The minimum absolute atomic E-state index is 0.798. The van der Waals surface area contributed by atoms with Crippen LogP contribution in [0, 0.1) is 0 Å². The Morgan fingerprint density at radius 3 is 2.30 bits per heavy atom. The van der Waals surface area contributed by atoms with E-state index in [4.69, 9.17) is 4.84 Å². The molecule has 0 aromatic carbocycles. The van der Waals surface area contributed by atoms with Crippen molar-refractivity contribution in [2.75, 3.05) is 41.3 Å². The molecule has 3 heteroatoms. The van der Waals surface area contributed by atoms with Crippen LogP contribution in [-0.4, -0.2) is 45.8 Å². The zero-order chi connectivity index (χ0) is 8.04. The van der Waals surface area contributed by atoms with Gasteiger partial charge in [-0.1, -0.05) is 0 Å². The molecule has 0 aliphatic carbocycles. The van der Waals surface area contributed by atoms with Crippen LogP contribution in [0.2, 0.25) is 0 Å². The second-order valence-electron chi connectivity index (χ2n) is 3.42. The van der Waals surface area contributed by atoms with Gasteiger partial charge in [0.25, 0.3) is 0 Å². The first-order valence-electron chi connectivity index (χ1n) is 3.65. The van der Waals surface area contributed by atoms with Crippen LogP contribution >= 0.6 is 0 Å². The third kappa shape index (κ3) is 7.88. The van der Waals surface area contributed by atoms with E-state index in [9.17, 15) is 0 Å². The van der Waals surface area contributed by atoms with E-state index in [1.54, 1.807) is 7.05 Å². The Morgan fingerprint density at radius 1 is 1.30 bits per heavy atom. The van der Waals surface area contributed by atoms with Gasteiger partial charge in [0, 0.05) is 13.5 Å². The molecule has 0 rings (SSSR count). The molecule has 1 N–H and O–H groups in total. The topological polar surface area (TPSA) is 21.3 Å². The summed E-state index contributed by atoms with van der Waals surface area (Å²) in [5.74, 6) is 0. The normalized spacial score (nSPS) is 12.0. The molecule has 10 heavy (non-hydrogen) atoms. The first kappa shape index (κ1) is 9.88. The Labute approximate surface area is 63.5 Å². The minimum Gasteiger partial charge on any atom is -0.331 e. The van der Waals surface area contributed by atoms with Crippen LogP contribution in [0.25, 0.3) is 0 Å². The van der Waals surface area contributed by atoms with Crippen molar-refractivity contribution in [1.82, 2.24) is 5.48 Å². The molecule has 0 saturated carbocycles. The van der Waals surface area contributed by atoms with E-state index in [2.05, 4.69) is 26.6 Å². The van der Waals surface area contributed by atoms with Gasteiger partial charge >= 0.3 is 0 Å². The maximum absolute atomic E-state index is 4.97. The summed E-state index contributed by atoms with van der Waals surface area (Å²) in [6, 6.07) is 0. The molecule has 0 aromatic rings. The first-order valence-corrected chi connectivity index (χ1v) is 3.65. The highest BCUT2D eigenvalue weighted by molar-refractivity contribution is 4.31. The highest BCUT2D eigenvalue weighted by Gasteiger charge is 2.04. The molecular weight excluding hydrogens is 128 g/mol. The van der Waals surface area contributed by atoms with E-state index in [0.29, 0.717) is 0 Å². The Morgan fingerprint density at radius 2 is 1.90 bits per heavy atom. The maximum Gasteiger partial charge on any atom is 0.0803 e. The smallest absolute Gasteiger partial charge is 0.0803 e. The van der Waals surface area contributed by atoms with Gasteiger partial charge in [-0.05, 0) is 0 Å². The molecule has 0 atom stereocenters. The second kappa shape index (κ2) is 4.66. The van der Waals surface area contributed by atoms with Crippen molar-refractivity contribution >= 4 is 0 Å². The fraction of sp³-hybridized carbons (Fsp3) is 1.00. The van der Waals surface area contributed by atoms with Gasteiger partial charge in [-0.2, -0.15) is 0 Å². The highest BCUT2D eigenvalue weighted by Crippen LogP contribution is 1.92. The van der Waals surface area contributed by atoms with E-state index in [1.165, 1.54) is 0 Å². The second-order valence-corrected chi connectivity index (χ2v) is 3.42. The van der Waals surface area contributed by atoms with Gasteiger partial charge < -0.3 is 9.32 Å². The van der Waals surface area contributed by atoms with Crippen molar-refractivity contribution in [3.63, 3.8) is 0 Å². The van der Waals surface area contributed by atoms with Crippen molar-refractivity contribution in [2.45, 2.75) is 6.42 Å². The third-order valence-electron chi connectivity index (χ3n) is 1.22. The molecule has 0 saturated heterocycles. The number of hydroxylamine groups is 1. The lowest BCUT2D eigenvalue weighted by molar-refractivity contribution is -0.870. The number of hydrogen-bond donors (Lipinski definition) is 1. The molecule has 0 aromatic heterocycles. The van der Waals surface area contributed by atoms with Crippen LogP contribution in [0.3, 0.4) is 0 Å². The van der Waals surface area contributed by atoms with E-state index in [1.807, 2.05) is 0 Å². The Bertz CT molecular complexity index is 78.2. The average Bonchev–Trinajstić information content (AvgIpc) is 1.78. The summed E-state index contributed by atoms with van der Waals surface area (Å²) >= 11 is 0. The maximum atomic E-state index is 4.97. The lowest BCUT2D eigenvalue weighted by Gasteiger charge is -2.23. The van der Waals surface area contributed by atoms with Gasteiger partial charge in [0.05, 0.1) is 34.3 Å². The minimum atomic E-state index is 0.798. The van der Waals surface area contributed by atoms with E-state index in [-0.39, 0.29) is 0 Å². The van der Waals surface area contributed by atoms with Crippen molar-refractivity contribution in [3.05, 3.63) is 0 Å². The molecule has 0 fully saturated rings. The molecule has 0 aliphatic rings. The fourth-order valence-electron chi connectivity index (χ4n) is 0.713. The standard InChI is InChI=1S/C7H19N2O/c1-8-10-7-5-6-9(2,3)4/h8H,5-7H2,1-4H3/q+1. The molecule has 62 valence electrons. The molecule has 0 unspecified atom stereocenters. The summed E-state index contributed by atoms with van der Waals surface area (Å²) in [6.45, 7) is 1.95. The molecule has 0 bridgehead atoms. The quantitative estimate of drug-likeness (QED) is 0.341. The number of hydrogen-bond acceptors (Lipinski definition) is 2. The number of nitrogens with one attached hydrogen (secondary N) is 1. The van der Waals surface area contributed by atoms with Gasteiger partial charge in [0.1, 0.15) is 0 Å². The van der Waals surface area contributed by atoms with Gasteiger partial charge in [0.15, 0.2) is 0 Å². The van der Waals surface area contributed by atoms with Crippen molar-refractivity contribution in [3.8, 4) is 0 Å². The predicted molar refractivity (Wildman–Crippen MR) is 42.5 cm³/mol. The Hall–Kier alpha value is -0.120.